The van der Waals surface area contributed by atoms with E-state index >= 15 is 0 Å². The summed E-state index contributed by atoms with van der Waals surface area (Å²) in [6, 6.07) is 0. The van der Waals surface area contributed by atoms with Crippen LogP contribution in [-0.2, 0) is 14.6 Å². The van der Waals surface area contributed by atoms with Crippen molar-refractivity contribution in [3.8, 4) is 0 Å². The summed E-state index contributed by atoms with van der Waals surface area (Å²) in [5, 5.41) is 8.09. The van der Waals surface area contributed by atoms with Gasteiger partial charge in [0.15, 0.2) is 9.84 Å². The second-order valence-electron chi connectivity index (χ2n) is 3.29. The van der Waals surface area contributed by atoms with Gasteiger partial charge in [-0.3, -0.25) is 4.79 Å². The topological polar surface area (TPSA) is 71.4 Å². The largest absolute Gasteiger partial charge is 0.481 e. The smallest absolute Gasteiger partial charge is 0.307 e. The molecule has 0 spiro atoms. The van der Waals surface area contributed by atoms with Gasteiger partial charge in [0.1, 0.15) is 0 Å². The van der Waals surface area contributed by atoms with Crippen LogP contribution < -0.4 is 0 Å². The fourth-order valence-electron chi connectivity index (χ4n) is 0.838. The SMILES string of the molecule is CCC(C)S(=O)(=O)CC(C)C(=O)O. The van der Waals surface area contributed by atoms with Crippen molar-refractivity contribution in [2.45, 2.75) is 32.4 Å². The maximum Gasteiger partial charge on any atom is 0.307 e. The first-order valence-corrected chi connectivity index (χ1v) is 5.97. The zero-order valence-electron chi connectivity index (χ0n) is 8.15. The van der Waals surface area contributed by atoms with E-state index in [4.69, 9.17) is 5.11 Å². The van der Waals surface area contributed by atoms with E-state index in [2.05, 4.69) is 0 Å². The molecule has 0 radical (unpaired) electrons. The first-order chi connectivity index (χ1) is 5.81. The third-order valence-corrected chi connectivity index (χ3v) is 4.62. The monoisotopic (exact) mass is 208 g/mol. The van der Waals surface area contributed by atoms with Crippen molar-refractivity contribution in [2.24, 2.45) is 5.92 Å². The molecule has 0 aliphatic rings. The molecule has 0 aliphatic heterocycles. The Labute approximate surface area is 78.9 Å². The third kappa shape index (κ3) is 3.76. The molecule has 0 saturated carbocycles. The van der Waals surface area contributed by atoms with Gasteiger partial charge in [-0.15, -0.1) is 0 Å². The second-order valence-corrected chi connectivity index (χ2v) is 5.75. The predicted molar refractivity (Wildman–Crippen MR) is 50.3 cm³/mol. The molecule has 1 N–H and O–H groups in total. The van der Waals surface area contributed by atoms with Gasteiger partial charge in [-0.1, -0.05) is 13.8 Å². The van der Waals surface area contributed by atoms with Crippen LogP contribution in [0.4, 0.5) is 0 Å². The van der Waals surface area contributed by atoms with Gasteiger partial charge in [-0.25, -0.2) is 8.42 Å². The van der Waals surface area contributed by atoms with Crippen molar-refractivity contribution in [1.29, 1.82) is 0 Å². The summed E-state index contributed by atoms with van der Waals surface area (Å²) in [6.45, 7) is 4.78. The highest BCUT2D eigenvalue weighted by Gasteiger charge is 2.25. The molecular weight excluding hydrogens is 192 g/mol. The molecular formula is C8H16O4S. The molecule has 0 saturated heterocycles. The molecule has 2 unspecified atom stereocenters. The summed E-state index contributed by atoms with van der Waals surface area (Å²) < 4.78 is 22.8. The van der Waals surface area contributed by atoms with Crippen molar-refractivity contribution in [3.63, 3.8) is 0 Å². The Morgan fingerprint density at radius 2 is 1.85 bits per heavy atom. The molecule has 5 heteroatoms. The first kappa shape index (κ1) is 12.4. The Morgan fingerprint density at radius 1 is 1.38 bits per heavy atom. The van der Waals surface area contributed by atoms with Crippen molar-refractivity contribution in [3.05, 3.63) is 0 Å². The number of rotatable bonds is 5. The zero-order valence-corrected chi connectivity index (χ0v) is 8.97. The fraction of sp³-hybridized carbons (Fsp3) is 0.875. The number of carboxylic acids is 1. The Kier molecular flexibility index (Phi) is 4.39. The van der Waals surface area contributed by atoms with Gasteiger partial charge in [-0.2, -0.15) is 0 Å². The van der Waals surface area contributed by atoms with E-state index in [-0.39, 0.29) is 5.75 Å². The molecule has 78 valence electrons. The van der Waals surface area contributed by atoms with Gasteiger partial charge >= 0.3 is 5.97 Å². The maximum atomic E-state index is 11.4. The number of carbonyl (C=O) groups is 1. The van der Waals surface area contributed by atoms with Crippen LogP contribution in [0.25, 0.3) is 0 Å². The Morgan fingerprint density at radius 3 is 2.15 bits per heavy atom. The molecule has 4 nitrogen and oxygen atoms in total. The van der Waals surface area contributed by atoms with Crippen LogP contribution in [0, 0.1) is 5.92 Å². The van der Waals surface area contributed by atoms with E-state index in [1.54, 1.807) is 13.8 Å². The average Bonchev–Trinajstić information content (AvgIpc) is 2.01. The van der Waals surface area contributed by atoms with Gasteiger partial charge in [0, 0.05) is 0 Å². The molecule has 0 aromatic heterocycles. The zero-order chi connectivity index (χ0) is 10.6. The van der Waals surface area contributed by atoms with Crippen molar-refractivity contribution in [1.82, 2.24) is 0 Å². The quantitative estimate of drug-likeness (QED) is 0.729. The van der Waals surface area contributed by atoms with E-state index in [0.717, 1.165) is 0 Å². The molecule has 0 amide bonds. The van der Waals surface area contributed by atoms with Crippen LogP contribution in [0.1, 0.15) is 27.2 Å². The van der Waals surface area contributed by atoms with Crippen LogP contribution in [-0.4, -0.2) is 30.5 Å². The minimum atomic E-state index is -3.24. The Bertz CT molecular complexity index is 268. The van der Waals surface area contributed by atoms with Crippen LogP contribution in [0.3, 0.4) is 0 Å². The van der Waals surface area contributed by atoms with E-state index in [1.807, 2.05) is 0 Å². The van der Waals surface area contributed by atoms with Crippen LogP contribution >= 0.6 is 0 Å². The lowest BCUT2D eigenvalue weighted by atomic mass is 10.2. The van der Waals surface area contributed by atoms with Crippen LogP contribution in [0.2, 0.25) is 0 Å². The summed E-state index contributed by atoms with van der Waals surface area (Å²) in [4.78, 5) is 10.4. The Balaban J connectivity index is 4.43. The number of aliphatic carboxylic acids is 1. The number of carboxylic acid groups (broad SMARTS) is 1. The van der Waals surface area contributed by atoms with Crippen molar-refractivity contribution >= 4 is 15.8 Å². The van der Waals surface area contributed by atoms with Gasteiger partial charge in [0.2, 0.25) is 0 Å². The lowest BCUT2D eigenvalue weighted by molar-refractivity contribution is -0.140. The maximum absolute atomic E-state index is 11.4. The second kappa shape index (κ2) is 4.60. The summed E-state index contributed by atoms with van der Waals surface area (Å²) in [5.74, 6) is -2.15. The first-order valence-electron chi connectivity index (χ1n) is 4.25. The fourth-order valence-corrected chi connectivity index (χ4v) is 2.51. The highest BCUT2D eigenvalue weighted by Crippen LogP contribution is 2.10. The van der Waals surface area contributed by atoms with E-state index in [0.29, 0.717) is 6.42 Å². The molecule has 0 heterocycles. The highest BCUT2D eigenvalue weighted by atomic mass is 32.2. The number of hydrogen-bond acceptors (Lipinski definition) is 3. The molecule has 0 aliphatic carbocycles. The molecule has 0 fully saturated rings. The third-order valence-electron chi connectivity index (χ3n) is 2.09. The van der Waals surface area contributed by atoms with Gasteiger partial charge < -0.3 is 5.11 Å². The van der Waals surface area contributed by atoms with E-state index in [9.17, 15) is 13.2 Å². The Hall–Kier alpha value is -0.580. The van der Waals surface area contributed by atoms with E-state index < -0.39 is 27.0 Å². The van der Waals surface area contributed by atoms with Gasteiger partial charge in [0.25, 0.3) is 0 Å². The molecule has 0 aromatic carbocycles. The molecule has 2 atom stereocenters. The van der Waals surface area contributed by atoms with Gasteiger partial charge in [-0.05, 0) is 13.3 Å². The van der Waals surface area contributed by atoms with Crippen molar-refractivity contribution in [2.75, 3.05) is 5.75 Å². The standard InChI is InChI=1S/C8H16O4S/c1-4-7(3)13(11,12)5-6(2)8(9)10/h6-7H,4-5H2,1-3H3,(H,9,10). The molecule has 0 aromatic rings. The molecule has 13 heavy (non-hydrogen) atoms. The highest BCUT2D eigenvalue weighted by molar-refractivity contribution is 7.92. The summed E-state index contributed by atoms with van der Waals surface area (Å²) in [5.41, 5.74) is 0. The normalized spacial score (nSPS) is 16.5. The minimum absolute atomic E-state index is 0.267. The lowest BCUT2D eigenvalue weighted by Crippen LogP contribution is -2.27. The minimum Gasteiger partial charge on any atom is -0.481 e. The molecule has 0 rings (SSSR count). The van der Waals surface area contributed by atoms with Crippen LogP contribution in [0.5, 0.6) is 0 Å². The van der Waals surface area contributed by atoms with Crippen LogP contribution in [0.15, 0.2) is 0 Å². The summed E-state index contributed by atoms with van der Waals surface area (Å²) in [7, 11) is -3.24. The van der Waals surface area contributed by atoms with E-state index in [1.165, 1.54) is 6.92 Å². The average molecular weight is 208 g/mol. The summed E-state index contributed by atoms with van der Waals surface area (Å²) in [6.07, 6.45) is 0.522. The number of hydrogen-bond donors (Lipinski definition) is 1. The van der Waals surface area contributed by atoms with Crippen molar-refractivity contribution < 1.29 is 18.3 Å². The van der Waals surface area contributed by atoms with Gasteiger partial charge in [0.05, 0.1) is 16.9 Å². The summed E-state index contributed by atoms with van der Waals surface area (Å²) >= 11 is 0. The lowest BCUT2D eigenvalue weighted by Gasteiger charge is -2.12. The predicted octanol–water partition coefficient (Wildman–Crippen LogP) is 0.920. The number of sulfone groups is 1. The molecule has 0 bridgehead atoms.